The van der Waals surface area contributed by atoms with Crippen molar-refractivity contribution in [2.45, 2.75) is 24.9 Å². The molecule has 4 aromatic rings. The molecule has 45 heavy (non-hydrogen) atoms. The molecule has 2 aromatic heterocycles. The van der Waals surface area contributed by atoms with Gasteiger partial charge in [-0.25, -0.2) is 4.98 Å². The standard InChI is InChI=1S/C32H31F3N6O4/c33-32(34,35)28-27(45-31(38-28)41-14-12-22(13-15-41)21-6-2-1-3-7-21)29(43)37-23-10-11-26(36-20-23)39-16-18-40(19-17-39)30(44)24-8-4-5-9-25(24)42/h1-11,20,22,42H,12-19H2,(H,37,43). The molecule has 13 heteroatoms. The maximum absolute atomic E-state index is 13.9. The maximum Gasteiger partial charge on any atom is 0.437 e. The highest BCUT2D eigenvalue weighted by Crippen LogP contribution is 2.36. The van der Waals surface area contributed by atoms with E-state index in [2.05, 4.69) is 15.3 Å². The lowest BCUT2D eigenvalue weighted by Crippen LogP contribution is -2.49. The summed E-state index contributed by atoms with van der Waals surface area (Å²) in [6.07, 6.45) is -2.10. The van der Waals surface area contributed by atoms with E-state index in [1.807, 2.05) is 35.2 Å². The van der Waals surface area contributed by atoms with Gasteiger partial charge in [-0.2, -0.15) is 18.2 Å². The molecule has 2 fully saturated rings. The Hall–Kier alpha value is -5.07. The molecule has 0 radical (unpaired) electrons. The smallest absolute Gasteiger partial charge is 0.437 e. The third kappa shape index (κ3) is 6.56. The van der Waals surface area contributed by atoms with Crippen molar-refractivity contribution in [2.75, 3.05) is 54.4 Å². The number of phenols is 1. The summed E-state index contributed by atoms with van der Waals surface area (Å²) in [5, 5.41) is 12.4. The summed E-state index contributed by atoms with van der Waals surface area (Å²) in [6.45, 7) is 2.67. The van der Waals surface area contributed by atoms with Crippen LogP contribution in [0.1, 0.15) is 50.9 Å². The number of para-hydroxylation sites is 1. The molecule has 0 atom stereocenters. The second kappa shape index (κ2) is 12.5. The van der Waals surface area contributed by atoms with Crippen molar-refractivity contribution in [1.82, 2.24) is 14.9 Å². The zero-order valence-corrected chi connectivity index (χ0v) is 24.2. The first-order valence-electron chi connectivity index (χ1n) is 14.6. The number of anilines is 3. The Labute approximate surface area is 257 Å². The van der Waals surface area contributed by atoms with Crippen LogP contribution < -0.4 is 15.1 Å². The van der Waals surface area contributed by atoms with E-state index < -0.39 is 23.5 Å². The van der Waals surface area contributed by atoms with Gasteiger partial charge in [-0.15, -0.1) is 0 Å². The molecule has 0 bridgehead atoms. The maximum atomic E-state index is 13.9. The van der Waals surface area contributed by atoms with Crippen molar-refractivity contribution >= 4 is 29.3 Å². The number of nitrogens with one attached hydrogen (secondary N) is 1. The number of aromatic hydroxyl groups is 1. The number of carbonyl (C=O) groups excluding carboxylic acids is 2. The summed E-state index contributed by atoms with van der Waals surface area (Å²) in [6, 6.07) is 19.3. The monoisotopic (exact) mass is 620 g/mol. The van der Waals surface area contributed by atoms with Gasteiger partial charge in [0.2, 0.25) is 5.76 Å². The minimum Gasteiger partial charge on any atom is -0.507 e. The third-order valence-corrected chi connectivity index (χ3v) is 8.16. The Bertz CT molecular complexity index is 1650. The van der Waals surface area contributed by atoms with Crippen LogP contribution in [0.15, 0.2) is 77.3 Å². The number of rotatable bonds is 6. The largest absolute Gasteiger partial charge is 0.507 e. The Morgan fingerprint density at radius 2 is 1.56 bits per heavy atom. The van der Waals surface area contributed by atoms with Crippen LogP contribution in [-0.4, -0.2) is 71.1 Å². The molecular weight excluding hydrogens is 589 g/mol. The summed E-state index contributed by atoms with van der Waals surface area (Å²) in [4.78, 5) is 39.1. The van der Waals surface area contributed by atoms with Gasteiger partial charge < -0.3 is 29.5 Å². The molecule has 0 unspecified atom stereocenters. The number of benzene rings is 2. The SMILES string of the molecule is O=C(Nc1ccc(N2CCN(C(=O)c3ccccc3O)CC2)nc1)c1oc(N2CCC(c3ccccc3)CC2)nc1C(F)(F)F. The lowest BCUT2D eigenvalue weighted by Gasteiger charge is -2.35. The molecule has 10 nitrogen and oxygen atoms in total. The number of oxazole rings is 1. The highest BCUT2D eigenvalue weighted by atomic mass is 19.4. The quantitative estimate of drug-likeness (QED) is 0.295. The number of amides is 2. The van der Waals surface area contributed by atoms with Gasteiger partial charge >= 0.3 is 6.18 Å². The highest BCUT2D eigenvalue weighted by molar-refractivity contribution is 6.03. The normalized spacial score (nSPS) is 16.1. The van der Waals surface area contributed by atoms with E-state index in [0.717, 1.165) is 12.8 Å². The molecular formula is C32H31F3N6O4. The fourth-order valence-corrected chi connectivity index (χ4v) is 5.72. The topological polar surface area (TPSA) is 115 Å². The number of halogens is 3. The van der Waals surface area contributed by atoms with Crippen LogP contribution in [0, 0.1) is 0 Å². The van der Waals surface area contributed by atoms with Crippen molar-refractivity contribution < 1.29 is 32.3 Å². The Balaban J connectivity index is 1.08. The molecule has 2 aromatic carbocycles. The van der Waals surface area contributed by atoms with Gasteiger partial charge in [0.05, 0.1) is 17.4 Å². The molecule has 0 spiro atoms. The van der Waals surface area contributed by atoms with Crippen LogP contribution in [-0.2, 0) is 6.18 Å². The third-order valence-electron chi connectivity index (χ3n) is 8.16. The molecule has 0 aliphatic carbocycles. The van der Waals surface area contributed by atoms with E-state index in [1.165, 1.54) is 17.8 Å². The fraction of sp³-hybridized carbons (Fsp3) is 0.312. The Kier molecular flexibility index (Phi) is 8.33. The lowest BCUT2D eigenvalue weighted by molar-refractivity contribution is -0.141. The van der Waals surface area contributed by atoms with Gasteiger partial charge in [0.25, 0.3) is 17.8 Å². The number of pyridine rings is 1. The van der Waals surface area contributed by atoms with Crippen molar-refractivity contribution in [1.29, 1.82) is 0 Å². The molecule has 2 N–H and O–H groups in total. The molecule has 2 aliphatic rings. The minimum absolute atomic E-state index is 0.0726. The van der Waals surface area contributed by atoms with E-state index in [-0.39, 0.29) is 34.8 Å². The van der Waals surface area contributed by atoms with Crippen molar-refractivity contribution in [3.8, 4) is 5.75 Å². The number of piperidine rings is 1. The van der Waals surface area contributed by atoms with Gasteiger partial charge in [0.1, 0.15) is 11.6 Å². The van der Waals surface area contributed by atoms with Gasteiger partial charge in [0, 0.05) is 39.3 Å². The van der Waals surface area contributed by atoms with Gasteiger partial charge in [0.15, 0.2) is 5.69 Å². The number of phenolic OH excluding ortho intramolecular Hbond substituents is 1. The molecule has 0 saturated carbocycles. The second-order valence-electron chi connectivity index (χ2n) is 11.0. The molecule has 4 heterocycles. The zero-order valence-electron chi connectivity index (χ0n) is 24.2. The number of aromatic nitrogens is 2. The van der Waals surface area contributed by atoms with Crippen molar-refractivity contribution in [3.63, 3.8) is 0 Å². The first-order chi connectivity index (χ1) is 21.7. The summed E-state index contributed by atoms with van der Waals surface area (Å²) < 4.78 is 47.1. The molecule has 2 aliphatic heterocycles. The average molecular weight is 621 g/mol. The average Bonchev–Trinajstić information content (AvgIpc) is 3.53. The molecule has 2 amide bonds. The van der Waals surface area contributed by atoms with Crippen molar-refractivity contribution in [3.05, 3.63) is 95.5 Å². The first kappa shape index (κ1) is 30.0. The Morgan fingerprint density at radius 1 is 0.867 bits per heavy atom. The van der Waals surface area contributed by atoms with Gasteiger partial charge in [-0.05, 0) is 48.6 Å². The van der Waals surface area contributed by atoms with E-state index in [1.54, 1.807) is 40.1 Å². The number of alkyl halides is 3. The summed E-state index contributed by atoms with van der Waals surface area (Å²) >= 11 is 0. The zero-order chi connectivity index (χ0) is 31.6. The molecule has 234 valence electrons. The molecule has 2 saturated heterocycles. The van der Waals surface area contributed by atoms with Crippen LogP contribution in [0.3, 0.4) is 0 Å². The number of hydrogen-bond donors (Lipinski definition) is 2. The lowest BCUT2D eigenvalue weighted by atomic mass is 9.90. The van der Waals surface area contributed by atoms with E-state index in [4.69, 9.17) is 4.42 Å². The van der Waals surface area contributed by atoms with Crippen LogP contribution >= 0.6 is 0 Å². The minimum atomic E-state index is -4.89. The fourth-order valence-electron chi connectivity index (χ4n) is 5.72. The summed E-state index contributed by atoms with van der Waals surface area (Å²) in [5.74, 6) is -1.45. The van der Waals surface area contributed by atoms with Crippen molar-refractivity contribution in [2.24, 2.45) is 0 Å². The van der Waals surface area contributed by atoms with E-state index in [9.17, 15) is 27.9 Å². The van der Waals surface area contributed by atoms with E-state index in [0.29, 0.717) is 45.1 Å². The van der Waals surface area contributed by atoms with Gasteiger partial charge in [-0.1, -0.05) is 42.5 Å². The Morgan fingerprint density at radius 3 is 2.20 bits per heavy atom. The second-order valence-corrected chi connectivity index (χ2v) is 11.0. The number of nitrogens with zero attached hydrogens (tertiary/aromatic N) is 5. The van der Waals surface area contributed by atoms with Gasteiger partial charge in [-0.3, -0.25) is 9.59 Å². The summed E-state index contributed by atoms with van der Waals surface area (Å²) in [5.41, 5.74) is 0.235. The number of carbonyl (C=O) groups is 2. The van der Waals surface area contributed by atoms with Crippen LogP contribution in [0.2, 0.25) is 0 Å². The predicted molar refractivity (Wildman–Crippen MR) is 161 cm³/mol. The number of piperazine rings is 1. The molecule has 6 rings (SSSR count). The van der Waals surface area contributed by atoms with Crippen LogP contribution in [0.25, 0.3) is 0 Å². The first-order valence-corrected chi connectivity index (χ1v) is 14.6. The van der Waals surface area contributed by atoms with Crippen LogP contribution in [0.4, 0.5) is 30.7 Å². The predicted octanol–water partition coefficient (Wildman–Crippen LogP) is 5.39. The summed E-state index contributed by atoms with van der Waals surface area (Å²) in [7, 11) is 0. The number of hydrogen-bond acceptors (Lipinski definition) is 8. The van der Waals surface area contributed by atoms with E-state index >= 15 is 0 Å². The highest BCUT2D eigenvalue weighted by Gasteiger charge is 2.42. The van der Waals surface area contributed by atoms with Crippen LogP contribution in [0.5, 0.6) is 5.75 Å².